The summed E-state index contributed by atoms with van der Waals surface area (Å²) in [5.74, 6) is 2.28. The van der Waals surface area contributed by atoms with Gasteiger partial charge in [-0.15, -0.1) is 0 Å². The topological polar surface area (TPSA) is 46.4 Å². The Balaban J connectivity index is 1.47. The van der Waals surface area contributed by atoms with E-state index < -0.39 is 6.10 Å². The number of anilines is 1. The third-order valence-electron chi connectivity index (χ3n) is 5.91. The van der Waals surface area contributed by atoms with Crippen molar-refractivity contribution in [2.24, 2.45) is 0 Å². The summed E-state index contributed by atoms with van der Waals surface area (Å²) in [7, 11) is 1.72. The lowest BCUT2D eigenvalue weighted by Crippen LogP contribution is -3.16. The molecule has 2 N–H and O–H groups in total. The standard InChI is InChI=1S/C24H34N2O3/c1-4-19(2)21-9-5-7-11-23(21)29-18-20(27)17-25-13-15-26(16-14-25)22-10-6-8-12-24(22)28-3/h5-12,19-20,27H,4,13-18H2,1-3H3/p+1/t19-,20-/m1/s1. The maximum absolute atomic E-state index is 10.5. The molecule has 29 heavy (non-hydrogen) atoms. The van der Waals surface area contributed by atoms with Crippen molar-refractivity contribution in [2.45, 2.75) is 32.3 Å². The van der Waals surface area contributed by atoms with E-state index in [9.17, 15) is 5.11 Å². The molecule has 0 aliphatic carbocycles. The quantitative estimate of drug-likeness (QED) is 0.680. The zero-order valence-corrected chi connectivity index (χ0v) is 17.9. The average molecular weight is 400 g/mol. The van der Waals surface area contributed by atoms with E-state index in [-0.39, 0.29) is 0 Å². The van der Waals surface area contributed by atoms with Crippen molar-refractivity contribution >= 4 is 5.69 Å². The van der Waals surface area contributed by atoms with E-state index in [1.807, 2.05) is 24.3 Å². The summed E-state index contributed by atoms with van der Waals surface area (Å²) in [6.45, 7) is 9.37. The van der Waals surface area contributed by atoms with E-state index in [4.69, 9.17) is 9.47 Å². The molecule has 0 amide bonds. The molecule has 2 atom stereocenters. The Morgan fingerprint density at radius 1 is 1.03 bits per heavy atom. The van der Waals surface area contributed by atoms with E-state index in [2.05, 4.69) is 43.0 Å². The predicted molar refractivity (Wildman–Crippen MR) is 117 cm³/mol. The Bertz CT molecular complexity index is 759. The highest BCUT2D eigenvalue weighted by Gasteiger charge is 2.24. The number of piperazine rings is 1. The molecule has 3 rings (SSSR count). The predicted octanol–water partition coefficient (Wildman–Crippen LogP) is 2.35. The summed E-state index contributed by atoms with van der Waals surface area (Å²) in [6.07, 6.45) is 0.608. The monoisotopic (exact) mass is 399 g/mol. The SMILES string of the molecule is CC[C@@H](C)c1ccccc1OC[C@H](O)C[NH+]1CCN(c2ccccc2OC)CC1. The van der Waals surface area contributed by atoms with Crippen molar-refractivity contribution in [1.29, 1.82) is 0 Å². The lowest BCUT2D eigenvalue weighted by molar-refractivity contribution is -0.903. The van der Waals surface area contributed by atoms with Gasteiger partial charge in [-0.3, -0.25) is 0 Å². The maximum Gasteiger partial charge on any atom is 0.142 e. The molecule has 0 radical (unpaired) electrons. The number of benzene rings is 2. The van der Waals surface area contributed by atoms with Crippen molar-refractivity contribution in [3.05, 3.63) is 54.1 Å². The first kappa shape index (κ1) is 21.5. The Labute approximate surface area is 174 Å². The number of hydrogen-bond donors (Lipinski definition) is 2. The third-order valence-corrected chi connectivity index (χ3v) is 5.91. The molecule has 0 bridgehead atoms. The number of aliphatic hydroxyl groups excluding tert-OH is 1. The normalized spacial score (nSPS) is 17.0. The number of ether oxygens (including phenoxy) is 2. The van der Waals surface area contributed by atoms with Crippen LogP contribution in [0.5, 0.6) is 11.5 Å². The molecule has 0 unspecified atom stereocenters. The van der Waals surface area contributed by atoms with Crippen molar-refractivity contribution < 1.29 is 19.5 Å². The smallest absolute Gasteiger partial charge is 0.142 e. The highest BCUT2D eigenvalue weighted by Crippen LogP contribution is 2.29. The molecule has 5 heteroatoms. The van der Waals surface area contributed by atoms with E-state index in [0.717, 1.165) is 49.8 Å². The number of nitrogens with one attached hydrogen (secondary N) is 1. The minimum absolute atomic E-state index is 0.340. The van der Waals surface area contributed by atoms with Crippen LogP contribution in [-0.4, -0.2) is 57.7 Å². The van der Waals surface area contributed by atoms with Crippen molar-refractivity contribution in [3.8, 4) is 11.5 Å². The molecule has 1 saturated heterocycles. The molecule has 0 aromatic heterocycles. The maximum atomic E-state index is 10.5. The minimum Gasteiger partial charge on any atom is -0.495 e. The number of rotatable bonds is 9. The molecule has 5 nitrogen and oxygen atoms in total. The average Bonchev–Trinajstić information content (AvgIpc) is 2.78. The molecule has 0 spiro atoms. The second-order valence-electron chi connectivity index (χ2n) is 7.92. The number of aliphatic hydroxyl groups is 1. The number of nitrogens with zero attached hydrogens (tertiary/aromatic N) is 1. The summed E-state index contributed by atoms with van der Waals surface area (Å²) in [4.78, 5) is 3.79. The van der Waals surface area contributed by atoms with Crippen LogP contribution in [0.3, 0.4) is 0 Å². The number of quaternary nitrogens is 1. The molecule has 1 fully saturated rings. The summed E-state index contributed by atoms with van der Waals surface area (Å²) >= 11 is 0. The number of methoxy groups -OCH3 is 1. The van der Waals surface area contributed by atoms with Crippen LogP contribution in [0.1, 0.15) is 31.7 Å². The summed E-state index contributed by atoms with van der Waals surface area (Å²) < 4.78 is 11.5. The van der Waals surface area contributed by atoms with Crippen LogP contribution in [0.15, 0.2) is 48.5 Å². The van der Waals surface area contributed by atoms with Gasteiger partial charge in [0.25, 0.3) is 0 Å². The second kappa shape index (κ2) is 10.5. The Morgan fingerprint density at radius 3 is 2.38 bits per heavy atom. The van der Waals surface area contributed by atoms with E-state index in [1.54, 1.807) is 7.11 Å². The Hall–Kier alpha value is -2.24. The Kier molecular flexibility index (Phi) is 7.78. The molecule has 158 valence electrons. The van der Waals surface area contributed by atoms with Gasteiger partial charge in [0, 0.05) is 0 Å². The van der Waals surface area contributed by atoms with Gasteiger partial charge in [-0.2, -0.15) is 0 Å². The zero-order chi connectivity index (χ0) is 20.6. The molecule has 1 heterocycles. The largest absolute Gasteiger partial charge is 0.495 e. The van der Waals surface area contributed by atoms with Gasteiger partial charge in [-0.25, -0.2) is 0 Å². The number of para-hydroxylation sites is 3. The summed E-state index contributed by atoms with van der Waals surface area (Å²) in [6, 6.07) is 16.3. The summed E-state index contributed by atoms with van der Waals surface area (Å²) in [5.41, 5.74) is 2.37. The highest BCUT2D eigenvalue weighted by molar-refractivity contribution is 5.58. The van der Waals surface area contributed by atoms with Gasteiger partial charge >= 0.3 is 0 Å². The third kappa shape index (κ3) is 5.64. The van der Waals surface area contributed by atoms with Gasteiger partial charge in [0.2, 0.25) is 0 Å². The molecular formula is C24H35N2O3+. The fourth-order valence-corrected chi connectivity index (χ4v) is 3.98. The van der Waals surface area contributed by atoms with Crippen LogP contribution in [-0.2, 0) is 0 Å². The second-order valence-corrected chi connectivity index (χ2v) is 7.92. The van der Waals surface area contributed by atoms with Gasteiger partial charge in [0.1, 0.15) is 30.8 Å². The zero-order valence-electron chi connectivity index (χ0n) is 17.9. The molecule has 2 aromatic carbocycles. The van der Waals surface area contributed by atoms with Crippen LogP contribution in [0.2, 0.25) is 0 Å². The molecule has 1 aliphatic rings. The lowest BCUT2D eigenvalue weighted by Gasteiger charge is -2.35. The lowest BCUT2D eigenvalue weighted by atomic mass is 9.98. The van der Waals surface area contributed by atoms with Crippen molar-refractivity contribution in [1.82, 2.24) is 0 Å². The Morgan fingerprint density at radius 2 is 1.69 bits per heavy atom. The fourth-order valence-electron chi connectivity index (χ4n) is 3.98. The van der Waals surface area contributed by atoms with Crippen LogP contribution in [0.25, 0.3) is 0 Å². The number of hydrogen-bond acceptors (Lipinski definition) is 4. The van der Waals surface area contributed by atoms with Gasteiger partial charge in [0.15, 0.2) is 0 Å². The van der Waals surface area contributed by atoms with E-state index in [0.29, 0.717) is 19.1 Å². The van der Waals surface area contributed by atoms with Crippen LogP contribution >= 0.6 is 0 Å². The van der Waals surface area contributed by atoms with Crippen LogP contribution in [0.4, 0.5) is 5.69 Å². The van der Waals surface area contributed by atoms with E-state index in [1.165, 1.54) is 10.5 Å². The molecule has 1 aliphatic heterocycles. The van der Waals surface area contributed by atoms with Crippen molar-refractivity contribution in [2.75, 3.05) is 51.3 Å². The van der Waals surface area contributed by atoms with Gasteiger partial charge in [-0.05, 0) is 36.1 Å². The molecule has 0 saturated carbocycles. The van der Waals surface area contributed by atoms with Gasteiger partial charge < -0.3 is 24.4 Å². The van der Waals surface area contributed by atoms with Crippen LogP contribution < -0.4 is 19.3 Å². The highest BCUT2D eigenvalue weighted by atomic mass is 16.5. The van der Waals surface area contributed by atoms with Gasteiger partial charge in [-0.1, -0.05) is 44.2 Å². The molecular weight excluding hydrogens is 364 g/mol. The van der Waals surface area contributed by atoms with Crippen LogP contribution in [0, 0.1) is 0 Å². The first-order chi connectivity index (χ1) is 14.1. The van der Waals surface area contributed by atoms with Crippen molar-refractivity contribution in [3.63, 3.8) is 0 Å². The minimum atomic E-state index is -0.465. The summed E-state index contributed by atoms with van der Waals surface area (Å²) in [5, 5.41) is 10.5. The van der Waals surface area contributed by atoms with E-state index >= 15 is 0 Å². The first-order valence-corrected chi connectivity index (χ1v) is 10.7. The fraction of sp³-hybridized carbons (Fsp3) is 0.500. The van der Waals surface area contributed by atoms with Gasteiger partial charge in [0.05, 0.1) is 39.0 Å². The first-order valence-electron chi connectivity index (χ1n) is 10.7. The molecule has 2 aromatic rings.